The molecule has 3 aromatic rings. The van der Waals surface area contributed by atoms with Crippen LogP contribution >= 0.6 is 23.2 Å². The van der Waals surface area contributed by atoms with Gasteiger partial charge in [0.05, 0.1) is 16.8 Å². The summed E-state index contributed by atoms with van der Waals surface area (Å²) in [6, 6.07) is 17.3. The Labute approximate surface area is 226 Å². The number of halogens is 2. The van der Waals surface area contributed by atoms with Gasteiger partial charge in [0.2, 0.25) is 0 Å². The number of hydrogen-bond donors (Lipinski definition) is 3. The number of phenolic OH excluding ortho intramolecular Hbond substituents is 1. The third-order valence-electron chi connectivity index (χ3n) is 6.56. The molecule has 0 aliphatic carbocycles. The number of hydrazone groups is 1. The van der Waals surface area contributed by atoms with Crippen LogP contribution in [0.25, 0.3) is 0 Å². The maximum atomic E-state index is 12.2. The molecule has 9 heteroatoms. The summed E-state index contributed by atoms with van der Waals surface area (Å²) in [6.45, 7) is 4.83. The molecular weight excluding hydrogens is 513 g/mol. The van der Waals surface area contributed by atoms with E-state index in [4.69, 9.17) is 27.9 Å². The van der Waals surface area contributed by atoms with Gasteiger partial charge in [-0.1, -0.05) is 35.3 Å². The topological polar surface area (TPSA) is 94.4 Å². The van der Waals surface area contributed by atoms with E-state index in [-0.39, 0.29) is 10.8 Å². The van der Waals surface area contributed by atoms with E-state index in [1.165, 1.54) is 18.2 Å². The number of hydrogen-bond acceptors (Lipinski definition) is 6. The highest BCUT2D eigenvalue weighted by Gasteiger charge is 2.33. The molecule has 0 saturated carbocycles. The summed E-state index contributed by atoms with van der Waals surface area (Å²) in [6.07, 6.45) is 2.89. The van der Waals surface area contributed by atoms with Crippen LogP contribution in [0.5, 0.6) is 11.5 Å². The van der Waals surface area contributed by atoms with Gasteiger partial charge in [-0.15, -0.1) is 0 Å². The third kappa shape index (κ3) is 7.02. The molecule has 3 N–H and O–H groups in total. The highest BCUT2D eigenvalue weighted by atomic mass is 35.5. The molecule has 7 nitrogen and oxygen atoms in total. The Kier molecular flexibility index (Phi) is 8.71. The van der Waals surface area contributed by atoms with Crippen molar-refractivity contribution in [3.63, 3.8) is 0 Å². The second-order valence-corrected chi connectivity index (χ2v) is 9.96. The van der Waals surface area contributed by atoms with Gasteiger partial charge in [0.1, 0.15) is 18.1 Å². The fraction of sp³-hybridized carbons (Fsp3) is 0.286. The summed E-state index contributed by atoms with van der Waals surface area (Å²) in [5, 5.41) is 25.3. The van der Waals surface area contributed by atoms with Crippen molar-refractivity contribution in [2.45, 2.75) is 25.4 Å². The molecule has 1 heterocycles. The van der Waals surface area contributed by atoms with E-state index >= 15 is 0 Å². The highest BCUT2D eigenvalue weighted by Crippen LogP contribution is 2.33. The van der Waals surface area contributed by atoms with Crippen LogP contribution in [0.15, 0.2) is 65.8 Å². The molecule has 4 rings (SSSR count). The molecule has 1 aliphatic heterocycles. The number of amides is 1. The average molecular weight is 542 g/mol. The molecule has 194 valence electrons. The number of aliphatic hydroxyl groups is 1. The van der Waals surface area contributed by atoms with E-state index in [2.05, 4.69) is 15.4 Å². The SMILES string of the molecule is Cc1cc(OCCN2CCC(O)(c3ccc(Cl)cc3)CC2)ccc1/C=N/NC(=O)c1ccc(O)c(Cl)c1. The fourth-order valence-corrected chi connectivity index (χ4v) is 4.55. The molecule has 0 radical (unpaired) electrons. The number of likely N-dealkylation sites (tertiary alicyclic amines) is 1. The molecule has 0 unspecified atom stereocenters. The van der Waals surface area contributed by atoms with Crippen LogP contribution in [-0.2, 0) is 5.60 Å². The molecule has 1 amide bonds. The van der Waals surface area contributed by atoms with Gasteiger partial charge in [-0.3, -0.25) is 9.69 Å². The van der Waals surface area contributed by atoms with E-state index < -0.39 is 11.5 Å². The molecule has 0 bridgehead atoms. The number of aromatic hydroxyl groups is 1. The van der Waals surface area contributed by atoms with Crippen LogP contribution in [0.1, 0.15) is 39.9 Å². The number of nitrogens with zero attached hydrogens (tertiary/aromatic N) is 2. The number of nitrogens with one attached hydrogen (secondary N) is 1. The molecule has 0 spiro atoms. The molecule has 3 aromatic carbocycles. The van der Waals surface area contributed by atoms with Crippen molar-refractivity contribution >= 4 is 35.3 Å². The maximum absolute atomic E-state index is 12.2. The Morgan fingerprint density at radius 1 is 1.11 bits per heavy atom. The van der Waals surface area contributed by atoms with Gasteiger partial charge in [-0.2, -0.15) is 5.10 Å². The largest absolute Gasteiger partial charge is 0.506 e. The molecule has 0 aromatic heterocycles. The van der Waals surface area contributed by atoms with Gasteiger partial charge in [0, 0.05) is 30.2 Å². The van der Waals surface area contributed by atoms with Gasteiger partial charge in [0.25, 0.3) is 5.91 Å². The molecule has 0 atom stereocenters. The first-order valence-electron chi connectivity index (χ1n) is 12.0. The minimum atomic E-state index is -0.812. The molecular formula is C28H29Cl2N3O4. The smallest absolute Gasteiger partial charge is 0.271 e. The lowest BCUT2D eigenvalue weighted by atomic mass is 9.84. The Balaban J connectivity index is 1.22. The average Bonchev–Trinajstić information content (AvgIpc) is 2.88. The van der Waals surface area contributed by atoms with Crippen LogP contribution in [0.2, 0.25) is 10.0 Å². The monoisotopic (exact) mass is 541 g/mol. The predicted molar refractivity (Wildman–Crippen MR) is 146 cm³/mol. The van der Waals surface area contributed by atoms with Crippen molar-refractivity contribution < 1.29 is 19.7 Å². The molecule has 1 aliphatic rings. The fourth-order valence-electron chi connectivity index (χ4n) is 4.24. The molecule has 37 heavy (non-hydrogen) atoms. The number of benzene rings is 3. The molecule has 1 saturated heterocycles. The number of aryl methyl sites for hydroxylation is 1. The zero-order valence-electron chi connectivity index (χ0n) is 20.5. The summed E-state index contributed by atoms with van der Waals surface area (Å²) in [7, 11) is 0. The minimum Gasteiger partial charge on any atom is -0.506 e. The van der Waals surface area contributed by atoms with Crippen molar-refractivity contribution in [3.8, 4) is 11.5 Å². The normalized spacial score (nSPS) is 15.6. The van der Waals surface area contributed by atoms with Crippen molar-refractivity contribution in [1.29, 1.82) is 0 Å². The Morgan fingerprint density at radius 3 is 2.51 bits per heavy atom. The summed E-state index contributed by atoms with van der Waals surface area (Å²) in [4.78, 5) is 14.5. The second-order valence-electron chi connectivity index (χ2n) is 9.11. The third-order valence-corrected chi connectivity index (χ3v) is 7.12. The standard InChI is InChI=1S/C28H29Cl2N3O4/c1-19-16-24(8-2-21(19)18-31-32-27(35)20-3-9-26(34)25(30)17-20)37-15-14-33-12-10-28(36,11-13-33)22-4-6-23(29)7-5-22/h2-9,16-18,34,36H,10-15H2,1H3,(H,32,35)/b31-18+. The number of rotatable bonds is 8. The van der Waals surface area contributed by atoms with E-state index in [1.54, 1.807) is 6.21 Å². The Bertz CT molecular complexity index is 1270. The summed E-state index contributed by atoms with van der Waals surface area (Å²) in [5.74, 6) is 0.240. The zero-order chi connectivity index (χ0) is 26.4. The van der Waals surface area contributed by atoms with Gasteiger partial charge in [0.15, 0.2) is 0 Å². The van der Waals surface area contributed by atoms with Crippen molar-refractivity contribution in [1.82, 2.24) is 10.3 Å². The van der Waals surface area contributed by atoms with Crippen molar-refractivity contribution in [2.75, 3.05) is 26.2 Å². The van der Waals surface area contributed by atoms with Crippen molar-refractivity contribution in [2.24, 2.45) is 5.10 Å². The van der Waals surface area contributed by atoms with Crippen LogP contribution in [0, 0.1) is 6.92 Å². The summed E-state index contributed by atoms with van der Waals surface area (Å²) < 4.78 is 5.95. The van der Waals surface area contributed by atoms with E-state index in [0.29, 0.717) is 30.0 Å². The van der Waals surface area contributed by atoms with Gasteiger partial charge < -0.3 is 14.9 Å². The van der Waals surface area contributed by atoms with Gasteiger partial charge in [-0.25, -0.2) is 5.43 Å². The highest BCUT2D eigenvalue weighted by molar-refractivity contribution is 6.32. The predicted octanol–water partition coefficient (Wildman–Crippen LogP) is 5.13. The number of piperidine rings is 1. The van der Waals surface area contributed by atoms with Gasteiger partial charge in [-0.05, 0) is 85.0 Å². The summed E-state index contributed by atoms with van der Waals surface area (Å²) >= 11 is 11.8. The first-order chi connectivity index (χ1) is 17.7. The minimum absolute atomic E-state index is 0.0862. The number of phenols is 1. The first-order valence-corrected chi connectivity index (χ1v) is 12.8. The second kappa shape index (κ2) is 12.0. The zero-order valence-corrected chi connectivity index (χ0v) is 22.0. The molecule has 1 fully saturated rings. The lowest BCUT2D eigenvalue weighted by Gasteiger charge is -2.38. The van der Waals surface area contributed by atoms with Gasteiger partial charge >= 0.3 is 0 Å². The summed E-state index contributed by atoms with van der Waals surface area (Å²) in [5.41, 5.74) is 4.65. The quantitative estimate of drug-likeness (QED) is 0.271. The van der Waals surface area contributed by atoms with Crippen LogP contribution < -0.4 is 10.2 Å². The van der Waals surface area contributed by atoms with Crippen LogP contribution in [-0.4, -0.2) is 53.5 Å². The number of ether oxygens (including phenoxy) is 1. The lowest BCUT2D eigenvalue weighted by molar-refractivity contribution is -0.0278. The van der Waals surface area contributed by atoms with Crippen LogP contribution in [0.3, 0.4) is 0 Å². The van der Waals surface area contributed by atoms with E-state index in [9.17, 15) is 15.0 Å². The van der Waals surface area contributed by atoms with E-state index in [0.717, 1.165) is 42.1 Å². The maximum Gasteiger partial charge on any atom is 0.271 e. The number of carbonyl (C=O) groups is 1. The van der Waals surface area contributed by atoms with Crippen molar-refractivity contribution in [3.05, 3.63) is 93.0 Å². The number of carbonyl (C=O) groups excluding carboxylic acids is 1. The lowest BCUT2D eigenvalue weighted by Crippen LogP contribution is -2.43. The Morgan fingerprint density at radius 2 is 1.84 bits per heavy atom. The van der Waals surface area contributed by atoms with E-state index in [1.807, 2.05) is 49.4 Å². The first kappa shape index (κ1) is 26.9. The Hall–Kier alpha value is -3.10. The van der Waals surface area contributed by atoms with Crippen LogP contribution in [0.4, 0.5) is 0 Å².